The first-order chi connectivity index (χ1) is 12.0. The molecule has 0 saturated carbocycles. The SMILES string of the molecule is C=C(C=O)C[C@@H]1OC(C)(C)N(C(=O)OC(C)(C)C)[C@H]1Cc1ccccc1. The second-order valence-electron chi connectivity index (χ2n) is 8.19. The molecule has 142 valence electrons. The van der Waals surface area contributed by atoms with Gasteiger partial charge in [0.2, 0.25) is 0 Å². The van der Waals surface area contributed by atoms with Gasteiger partial charge in [0.05, 0.1) is 12.1 Å². The van der Waals surface area contributed by atoms with Crippen molar-refractivity contribution in [3.63, 3.8) is 0 Å². The Balaban J connectivity index is 2.34. The Morgan fingerprint density at radius 3 is 2.46 bits per heavy atom. The highest BCUT2D eigenvalue weighted by atomic mass is 16.6. The van der Waals surface area contributed by atoms with Crippen LogP contribution in [0.1, 0.15) is 46.6 Å². The number of amides is 1. The van der Waals surface area contributed by atoms with Gasteiger partial charge < -0.3 is 9.47 Å². The largest absolute Gasteiger partial charge is 0.444 e. The molecule has 1 aliphatic heterocycles. The van der Waals surface area contributed by atoms with Gasteiger partial charge in [0.15, 0.2) is 0 Å². The third-order valence-electron chi connectivity index (χ3n) is 4.29. The molecule has 1 amide bonds. The van der Waals surface area contributed by atoms with Crippen LogP contribution < -0.4 is 0 Å². The van der Waals surface area contributed by atoms with Crippen molar-refractivity contribution in [1.82, 2.24) is 4.90 Å². The number of aldehydes is 1. The van der Waals surface area contributed by atoms with Crippen LogP contribution >= 0.6 is 0 Å². The highest BCUT2D eigenvalue weighted by Crippen LogP contribution is 2.37. The van der Waals surface area contributed by atoms with E-state index < -0.39 is 17.4 Å². The van der Waals surface area contributed by atoms with E-state index in [4.69, 9.17) is 9.47 Å². The first kappa shape index (κ1) is 20.2. The fourth-order valence-electron chi connectivity index (χ4n) is 3.30. The summed E-state index contributed by atoms with van der Waals surface area (Å²) in [6.45, 7) is 13.0. The van der Waals surface area contributed by atoms with E-state index in [0.29, 0.717) is 18.4 Å². The predicted molar refractivity (Wildman–Crippen MR) is 101 cm³/mol. The number of carbonyl (C=O) groups excluding carboxylic acids is 2. The van der Waals surface area contributed by atoms with Gasteiger partial charge in [-0.3, -0.25) is 9.69 Å². The van der Waals surface area contributed by atoms with Crippen molar-refractivity contribution in [2.45, 2.75) is 70.9 Å². The zero-order valence-corrected chi connectivity index (χ0v) is 16.3. The number of hydrogen-bond donors (Lipinski definition) is 0. The average molecular weight is 359 g/mol. The minimum Gasteiger partial charge on any atom is -0.444 e. The Kier molecular flexibility index (Phi) is 5.91. The van der Waals surface area contributed by atoms with Crippen LogP contribution in [0.15, 0.2) is 42.5 Å². The third-order valence-corrected chi connectivity index (χ3v) is 4.29. The lowest BCUT2D eigenvalue weighted by Gasteiger charge is -2.35. The van der Waals surface area contributed by atoms with Gasteiger partial charge in [0, 0.05) is 6.42 Å². The maximum Gasteiger partial charge on any atom is 0.412 e. The highest BCUT2D eigenvalue weighted by Gasteiger charge is 2.51. The Morgan fingerprint density at radius 1 is 1.31 bits per heavy atom. The summed E-state index contributed by atoms with van der Waals surface area (Å²) in [5, 5.41) is 0. The van der Waals surface area contributed by atoms with Crippen molar-refractivity contribution in [1.29, 1.82) is 0 Å². The molecule has 0 aromatic heterocycles. The minimum absolute atomic E-state index is 0.251. The number of benzene rings is 1. The summed E-state index contributed by atoms with van der Waals surface area (Å²) in [6.07, 6.45) is 0.994. The van der Waals surface area contributed by atoms with Crippen LogP contribution in [0.3, 0.4) is 0 Å². The van der Waals surface area contributed by atoms with E-state index in [9.17, 15) is 9.59 Å². The van der Waals surface area contributed by atoms with E-state index in [1.165, 1.54) is 0 Å². The van der Waals surface area contributed by atoms with Gasteiger partial charge in [0.25, 0.3) is 0 Å². The summed E-state index contributed by atoms with van der Waals surface area (Å²) >= 11 is 0. The summed E-state index contributed by atoms with van der Waals surface area (Å²) in [6, 6.07) is 9.67. The lowest BCUT2D eigenvalue weighted by molar-refractivity contribution is -0.106. The molecule has 2 rings (SSSR count). The first-order valence-corrected chi connectivity index (χ1v) is 8.90. The summed E-state index contributed by atoms with van der Waals surface area (Å²) in [5.41, 5.74) is 0.105. The van der Waals surface area contributed by atoms with E-state index in [-0.39, 0.29) is 12.1 Å². The summed E-state index contributed by atoms with van der Waals surface area (Å²) in [5.74, 6) is 0. The molecule has 1 aromatic carbocycles. The Morgan fingerprint density at radius 2 is 1.92 bits per heavy atom. The van der Waals surface area contributed by atoms with Crippen molar-refractivity contribution >= 4 is 12.4 Å². The molecule has 1 saturated heterocycles. The van der Waals surface area contributed by atoms with E-state index in [2.05, 4.69) is 6.58 Å². The van der Waals surface area contributed by atoms with Gasteiger partial charge in [-0.1, -0.05) is 36.9 Å². The summed E-state index contributed by atoms with van der Waals surface area (Å²) < 4.78 is 11.8. The number of hydrogen-bond acceptors (Lipinski definition) is 4. The van der Waals surface area contributed by atoms with Gasteiger partial charge in [-0.25, -0.2) is 4.79 Å². The van der Waals surface area contributed by atoms with E-state index in [0.717, 1.165) is 11.8 Å². The Bertz CT molecular complexity index is 660. The first-order valence-electron chi connectivity index (χ1n) is 8.90. The van der Waals surface area contributed by atoms with E-state index >= 15 is 0 Å². The molecule has 1 aliphatic rings. The monoisotopic (exact) mass is 359 g/mol. The van der Waals surface area contributed by atoms with Crippen molar-refractivity contribution in [3.8, 4) is 0 Å². The maximum atomic E-state index is 12.9. The lowest BCUT2D eigenvalue weighted by atomic mass is 9.96. The van der Waals surface area contributed by atoms with Gasteiger partial charge in [-0.05, 0) is 52.2 Å². The number of ether oxygens (including phenoxy) is 2. The smallest absolute Gasteiger partial charge is 0.412 e. The quantitative estimate of drug-likeness (QED) is 0.586. The molecule has 1 fully saturated rings. The third kappa shape index (κ3) is 4.94. The van der Waals surface area contributed by atoms with Crippen LogP contribution in [0, 0.1) is 0 Å². The molecule has 0 bridgehead atoms. The van der Waals surface area contributed by atoms with Crippen LogP contribution in [-0.2, 0) is 20.7 Å². The van der Waals surface area contributed by atoms with Gasteiger partial charge in [-0.15, -0.1) is 0 Å². The Labute approximate surface area is 156 Å². The van der Waals surface area contributed by atoms with Gasteiger partial charge >= 0.3 is 6.09 Å². The fourth-order valence-corrected chi connectivity index (χ4v) is 3.30. The van der Waals surface area contributed by atoms with Crippen molar-refractivity contribution in [2.24, 2.45) is 0 Å². The standard InChI is InChI=1S/C21H29NO4/c1-15(14-23)12-18-17(13-16-10-8-7-9-11-16)22(21(5,6)25-18)19(24)26-20(2,3)4/h7-11,14,17-18H,1,12-13H2,2-6H3/t17-,18-/m0/s1. The number of carbonyl (C=O) groups is 2. The second kappa shape index (κ2) is 7.62. The molecule has 5 heteroatoms. The van der Waals surface area contributed by atoms with Crippen LogP contribution in [0.25, 0.3) is 0 Å². The molecule has 5 nitrogen and oxygen atoms in total. The average Bonchev–Trinajstić information content (AvgIpc) is 2.76. The molecular weight excluding hydrogens is 330 g/mol. The summed E-state index contributed by atoms with van der Waals surface area (Å²) in [4.78, 5) is 25.6. The predicted octanol–water partition coefficient (Wildman–Crippen LogP) is 4.11. The van der Waals surface area contributed by atoms with Crippen molar-refractivity contribution in [2.75, 3.05) is 0 Å². The molecule has 0 unspecified atom stereocenters. The van der Waals surface area contributed by atoms with Crippen LogP contribution in [0.5, 0.6) is 0 Å². The number of rotatable bonds is 5. The Hall–Kier alpha value is -2.14. The normalized spacial score (nSPS) is 22.1. The molecule has 2 atom stereocenters. The van der Waals surface area contributed by atoms with Gasteiger partial charge in [-0.2, -0.15) is 0 Å². The summed E-state index contributed by atoms with van der Waals surface area (Å²) in [7, 11) is 0. The molecule has 1 aromatic rings. The highest BCUT2D eigenvalue weighted by molar-refractivity contribution is 5.72. The zero-order valence-electron chi connectivity index (χ0n) is 16.3. The minimum atomic E-state index is -0.838. The molecule has 26 heavy (non-hydrogen) atoms. The molecule has 0 aliphatic carbocycles. The maximum absolute atomic E-state index is 12.9. The van der Waals surface area contributed by atoms with Crippen molar-refractivity contribution < 1.29 is 19.1 Å². The molecule has 0 N–H and O–H groups in total. The van der Waals surface area contributed by atoms with E-state index in [1.54, 1.807) is 4.90 Å². The van der Waals surface area contributed by atoms with Crippen LogP contribution in [0.4, 0.5) is 4.79 Å². The second-order valence-corrected chi connectivity index (χ2v) is 8.19. The fraction of sp³-hybridized carbons (Fsp3) is 0.524. The number of nitrogens with zero attached hydrogens (tertiary/aromatic N) is 1. The van der Waals surface area contributed by atoms with Crippen LogP contribution in [-0.4, -0.2) is 40.8 Å². The van der Waals surface area contributed by atoms with Crippen molar-refractivity contribution in [3.05, 3.63) is 48.0 Å². The molecule has 0 spiro atoms. The molecular formula is C21H29NO4. The topological polar surface area (TPSA) is 55.8 Å². The lowest BCUT2D eigenvalue weighted by Crippen LogP contribution is -2.51. The zero-order chi connectivity index (χ0) is 19.5. The van der Waals surface area contributed by atoms with Gasteiger partial charge in [0.1, 0.15) is 17.6 Å². The van der Waals surface area contributed by atoms with Crippen LogP contribution in [0.2, 0.25) is 0 Å². The molecule has 1 heterocycles. The molecule has 0 radical (unpaired) electrons. The van der Waals surface area contributed by atoms with E-state index in [1.807, 2.05) is 65.0 Å².